The molecule has 0 heteroatoms. The van der Waals surface area contributed by atoms with Gasteiger partial charge < -0.3 is 0 Å². The fourth-order valence-corrected chi connectivity index (χ4v) is 3.75. The number of hydrogen-bond acceptors (Lipinski definition) is 0. The van der Waals surface area contributed by atoms with E-state index < -0.39 is 0 Å². The molecule has 0 N–H and O–H groups in total. The highest BCUT2D eigenvalue weighted by Crippen LogP contribution is 2.39. The SMILES string of the molecule is CC1=CC(C=CC2C=C(C)c3ccccc32)c2ccccc21. The Bertz CT molecular complexity index is 748. The predicted octanol–water partition coefficient (Wildman–Crippen LogP) is 5.94. The molecule has 108 valence electrons. The van der Waals surface area contributed by atoms with Crippen LogP contribution in [0.5, 0.6) is 0 Å². The van der Waals surface area contributed by atoms with Gasteiger partial charge in [0, 0.05) is 11.8 Å². The Morgan fingerprint density at radius 3 is 1.50 bits per heavy atom. The van der Waals surface area contributed by atoms with E-state index in [0.29, 0.717) is 11.8 Å². The molecule has 0 aromatic heterocycles. The number of hydrogen-bond donors (Lipinski definition) is 0. The summed E-state index contributed by atoms with van der Waals surface area (Å²) >= 11 is 0. The molecule has 0 spiro atoms. The van der Waals surface area contributed by atoms with Crippen molar-refractivity contribution in [1.29, 1.82) is 0 Å². The molecule has 0 amide bonds. The predicted molar refractivity (Wildman–Crippen MR) is 94.8 cm³/mol. The van der Waals surface area contributed by atoms with Crippen LogP contribution in [-0.4, -0.2) is 0 Å². The van der Waals surface area contributed by atoms with E-state index >= 15 is 0 Å². The first-order valence-corrected chi connectivity index (χ1v) is 7.98. The molecule has 0 fully saturated rings. The highest BCUT2D eigenvalue weighted by molar-refractivity contribution is 5.75. The average Bonchev–Trinajstić information content (AvgIpc) is 3.04. The fraction of sp³-hybridized carbons (Fsp3) is 0.182. The molecule has 2 atom stereocenters. The van der Waals surface area contributed by atoms with Crippen LogP contribution in [0.15, 0.2) is 72.8 Å². The summed E-state index contributed by atoms with van der Waals surface area (Å²) in [4.78, 5) is 0. The molecule has 0 heterocycles. The zero-order valence-corrected chi connectivity index (χ0v) is 13.1. The summed E-state index contributed by atoms with van der Waals surface area (Å²) in [6.45, 7) is 4.42. The monoisotopic (exact) mass is 284 g/mol. The van der Waals surface area contributed by atoms with Crippen LogP contribution < -0.4 is 0 Å². The van der Waals surface area contributed by atoms with Crippen LogP contribution in [0.1, 0.15) is 47.9 Å². The molecule has 2 aliphatic rings. The van der Waals surface area contributed by atoms with E-state index in [0.717, 1.165) is 0 Å². The van der Waals surface area contributed by atoms with Crippen molar-refractivity contribution >= 4 is 11.1 Å². The first kappa shape index (κ1) is 13.3. The molecule has 2 aromatic rings. The maximum absolute atomic E-state index is 2.37. The van der Waals surface area contributed by atoms with Crippen LogP contribution in [0.2, 0.25) is 0 Å². The van der Waals surface area contributed by atoms with Gasteiger partial charge in [-0.25, -0.2) is 0 Å². The van der Waals surface area contributed by atoms with E-state index in [-0.39, 0.29) is 0 Å². The highest BCUT2D eigenvalue weighted by atomic mass is 14.2. The smallest absolute Gasteiger partial charge is 0.0210 e. The van der Waals surface area contributed by atoms with Gasteiger partial charge in [0.15, 0.2) is 0 Å². The third kappa shape index (κ3) is 2.07. The summed E-state index contributed by atoms with van der Waals surface area (Å²) in [5.41, 5.74) is 8.45. The van der Waals surface area contributed by atoms with Crippen LogP contribution in [0.3, 0.4) is 0 Å². The van der Waals surface area contributed by atoms with Crippen molar-refractivity contribution in [2.75, 3.05) is 0 Å². The van der Waals surface area contributed by atoms with Crippen LogP contribution in [0, 0.1) is 0 Å². The molecule has 0 radical (unpaired) electrons. The highest BCUT2D eigenvalue weighted by Gasteiger charge is 2.21. The van der Waals surface area contributed by atoms with Gasteiger partial charge in [-0.05, 0) is 47.2 Å². The lowest BCUT2D eigenvalue weighted by Crippen LogP contribution is -1.92. The van der Waals surface area contributed by atoms with Crippen molar-refractivity contribution in [1.82, 2.24) is 0 Å². The van der Waals surface area contributed by atoms with Gasteiger partial charge in [-0.15, -0.1) is 0 Å². The minimum atomic E-state index is 0.415. The molecule has 0 saturated carbocycles. The van der Waals surface area contributed by atoms with Gasteiger partial charge >= 0.3 is 0 Å². The Labute approximate surface area is 132 Å². The van der Waals surface area contributed by atoms with E-state index in [1.807, 2.05) is 0 Å². The van der Waals surface area contributed by atoms with E-state index in [2.05, 4.69) is 86.7 Å². The zero-order chi connectivity index (χ0) is 15.1. The lowest BCUT2D eigenvalue weighted by atomic mass is 9.95. The molecular formula is C22H20. The maximum Gasteiger partial charge on any atom is 0.0210 e. The Morgan fingerprint density at radius 1 is 0.636 bits per heavy atom. The quantitative estimate of drug-likeness (QED) is 0.598. The molecule has 4 rings (SSSR count). The number of rotatable bonds is 2. The normalized spacial score (nSPS) is 22.5. The molecule has 0 nitrogen and oxygen atoms in total. The number of benzene rings is 2. The maximum atomic E-state index is 2.37. The minimum absolute atomic E-state index is 0.415. The Balaban J connectivity index is 1.65. The van der Waals surface area contributed by atoms with Crippen molar-refractivity contribution in [3.63, 3.8) is 0 Å². The largest absolute Gasteiger partial charge is 0.0763 e. The lowest BCUT2D eigenvalue weighted by molar-refractivity contribution is 1.05. The first-order chi connectivity index (χ1) is 10.7. The lowest BCUT2D eigenvalue weighted by Gasteiger charge is -2.09. The van der Waals surface area contributed by atoms with Crippen molar-refractivity contribution in [3.8, 4) is 0 Å². The second kappa shape index (κ2) is 5.14. The van der Waals surface area contributed by atoms with Crippen molar-refractivity contribution in [2.24, 2.45) is 0 Å². The fourth-order valence-electron chi connectivity index (χ4n) is 3.75. The molecule has 22 heavy (non-hydrogen) atoms. The summed E-state index contributed by atoms with van der Waals surface area (Å²) in [6.07, 6.45) is 9.48. The van der Waals surface area contributed by atoms with E-state index in [4.69, 9.17) is 0 Å². The van der Waals surface area contributed by atoms with Gasteiger partial charge in [-0.3, -0.25) is 0 Å². The molecule has 0 saturated heterocycles. The number of allylic oxidation sites excluding steroid dienone is 6. The van der Waals surface area contributed by atoms with Crippen molar-refractivity contribution in [2.45, 2.75) is 25.7 Å². The van der Waals surface area contributed by atoms with Crippen LogP contribution in [0.4, 0.5) is 0 Å². The van der Waals surface area contributed by atoms with Gasteiger partial charge in [0.2, 0.25) is 0 Å². The van der Waals surface area contributed by atoms with E-state index in [1.165, 1.54) is 33.4 Å². The van der Waals surface area contributed by atoms with E-state index in [1.54, 1.807) is 0 Å². The summed E-state index contributed by atoms with van der Waals surface area (Å²) in [5, 5.41) is 0. The average molecular weight is 284 g/mol. The molecular weight excluding hydrogens is 264 g/mol. The number of fused-ring (bicyclic) bond motifs is 2. The molecule has 2 aromatic carbocycles. The topological polar surface area (TPSA) is 0 Å². The molecule has 2 unspecified atom stereocenters. The van der Waals surface area contributed by atoms with Gasteiger partial charge in [0.1, 0.15) is 0 Å². The van der Waals surface area contributed by atoms with Crippen LogP contribution in [0.25, 0.3) is 11.1 Å². The summed E-state index contributed by atoms with van der Waals surface area (Å²) in [7, 11) is 0. The van der Waals surface area contributed by atoms with E-state index in [9.17, 15) is 0 Å². The standard InChI is InChI=1S/C22H20/c1-15-13-17(21-9-5-3-7-19(15)21)11-12-18-14-16(2)20-8-4-6-10-22(18)20/h3-14,17-18H,1-2H3. The van der Waals surface area contributed by atoms with Crippen LogP contribution in [-0.2, 0) is 0 Å². The second-order valence-corrected chi connectivity index (χ2v) is 6.31. The van der Waals surface area contributed by atoms with Crippen LogP contribution >= 0.6 is 0 Å². The van der Waals surface area contributed by atoms with Gasteiger partial charge in [0.05, 0.1) is 0 Å². The minimum Gasteiger partial charge on any atom is -0.0763 e. The van der Waals surface area contributed by atoms with Crippen molar-refractivity contribution < 1.29 is 0 Å². The molecule has 2 aliphatic carbocycles. The summed E-state index contributed by atoms with van der Waals surface area (Å²) in [6, 6.07) is 17.5. The van der Waals surface area contributed by atoms with Crippen molar-refractivity contribution in [3.05, 3.63) is 95.1 Å². The summed E-state index contributed by atoms with van der Waals surface area (Å²) in [5.74, 6) is 0.829. The Kier molecular flexibility index (Phi) is 3.11. The first-order valence-electron chi connectivity index (χ1n) is 7.98. The Morgan fingerprint density at radius 2 is 1.05 bits per heavy atom. The molecule has 0 bridgehead atoms. The Hall–Kier alpha value is -2.34. The van der Waals surface area contributed by atoms with Gasteiger partial charge in [-0.1, -0.05) is 72.8 Å². The third-order valence-corrected chi connectivity index (χ3v) is 4.87. The van der Waals surface area contributed by atoms with Gasteiger partial charge in [0.25, 0.3) is 0 Å². The molecule has 0 aliphatic heterocycles. The van der Waals surface area contributed by atoms with Gasteiger partial charge in [-0.2, -0.15) is 0 Å². The summed E-state index contributed by atoms with van der Waals surface area (Å²) < 4.78 is 0. The second-order valence-electron chi connectivity index (χ2n) is 6.31. The third-order valence-electron chi connectivity index (χ3n) is 4.87. The zero-order valence-electron chi connectivity index (χ0n) is 13.1.